The fraction of sp³-hybridized carbons (Fsp3) is 0.636. The van der Waals surface area contributed by atoms with Crippen molar-refractivity contribution in [3.05, 3.63) is 24.5 Å². The molecule has 3 amide bonds. The summed E-state index contributed by atoms with van der Waals surface area (Å²) in [6, 6.07) is 3.35. The Morgan fingerprint density at radius 1 is 1.11 bits per heavy atom. The number of carboxylic acid groups (broad SMARTS) is 1. The Balaban J connectivity index is 0.000000479. The molecule has 2 aliphatic heterocycles. The number of sulfonamides is 1. The summed E-state index contributed by atoms with van der Waals surface area (Å²) in [4.78, 5) is 40.2. The first-order chi connectivity index (χ1) is 17.1. The molecule has 37 heavy (non-hydrogen) atoms. The van der Waals surface area contributed by atoms with E-state index >= 15 is 0 Å². The zero-order valence-electron chi connectivity index (χ0n) is 20.4. The predicted octanol–water partition coefficient (Wildman–Crippen LogP) is 1.75. The second-order valence-corrected chi connectivity index (χ2v) is 11.6. The van der Waals surface area contributed by atoms with Crippen molar-refractivity contribution in [1.29, 1.82) is 0 Å². The number of pyridine rings is 1. The molecule has 1 aromatic heterocycles. The molecule has 206 valence electrons. The zero-order valence-corrected chi connectivity index (χ0v) is 21.2. The average molecular weight is 550 g/mol. The first kappa shape index (κ1) is 28.6. The number of nitrogens with one attached hydrogen (secondary N) is 2. The van der Waals surface area contributed by atoms with E-state index in [1.54, 1.807) is 36.5 Å². The van der Waals surface area contributed by atoms with Crippen molar-refractivity contribution in [1.82, 2.24) is 19.5 Å². The van der Waals surface area contributed by atoms with Crippen LogP contribution in [0.25, 0.3) is 0 Å². The van der Waals surface area contributed by atoms with Gasteiger partial charge in [0.1, 0.15) is 0 Å². The molecule has 1 saturated carbocycles. The van der Waals surface area contributed by atoms with Gasteiger partial charge in [-0.2, -0.15) is 13.2 Å². The number of rotatable bonds is 3. The molecule has 2 saturated heterocycles. The zero-order chi connectivity index (χ0) is 27.6. The lowest BCUT2D eigenvalue weighted by molar-refractivity contribution is -0.192. The predicted molar refractivity (Wildman–Crippen MR) is 126 cm³/mol. The van der Waals surface area contributed by atoms with Crippen LogP contribution < -0.4 is 10.6 Å². The molecule has 0 unspecified atom stereocenters. The highest BCUT2D eigenvalue weighted by molar-refractivity contribution is 7.88. The summed E-state index contributed by atoms with van der Waals surface area (Å²) < 4.78 is 57.7. The highest BCUT2D eigenvalue weighted by atomic mass is 32.2. The van der Waals surface area contributed by atoms with E-state index in [-0.39, 0.29) is 29.8 Å². The molecule has 3 aliphatic rings. The van der Waals surface area contributed by atoms with Crippen LogP contribution in [-0.2, 0) is 19.6 Å². The van der Waals surface area contributed by atoms with E-state index in [2.05, 4.69) is 15.6 Å². The second kappa shape index (κ2) is 10.4. The molecule has 0 radical (unpaired) electrons. The van der Waals surface area contributed by atoms with Gasteiger partial charge in [-0.1, -0.05) is 0 Å². The van der Waals surface area contributed by atoms with Crippen molar-refractivity contribution in [2.24, 2.45) is 16.7 Å². The number of likely N-dealkylation sites (tertiary alicyclic amines) is 1. The van der Waals surface area contributed by atoms with Crippen LogP contribution in [0.5, 0.6) is 0 Å². The minimum Gasteiger partial charge on any atom is -0.475 e. The van der Waals surface area contributed by atoms with E-state index in [1.165, 1.54) is 10.6 Å². The molecule has 0 bridgehead atoms. The maximum atomic E-state index is 12.9. The van der Waals surface area contributed by atoms with Crippen LogP contribution in [0.4, 0.5) is 23.7 Å². The fourth-order valence-corrected chi connectivity index (χ4v) is 6.67. The largest absolute Gasteiger partial charge is 0.490 e. The highest BCUT2D eigenvalue weighted by Crippen LogP contribution is 2.62. The van der Waals surface area contributed by atoms with Gasteiger partial charge in [-0.05, 0) is 49.1 Å². The van der Waals surface area contributed by atoms with Gasteiger partial charge in [0.2, 0.25) is 15.9 Å². The van der Waals surface area contributed by atoms with Gasteiger partial charge in [0.05, 0.1) is 11.7 Å². The van der Waals surface area contributed by atoms with E-state index in [4.69, 9.17) is 9.90 Å². The maximum Gasteiger partial charge on any atom is 0.490 e. The quantitative estimate of drug-likeness (QED) is 0.520. The molecule has 0 aromatic carbocycles. The lowest BCUT2D eigenvalue weighted by atomic mass is 9.65. The SMILES string of the molecule is CNC(=O)[C@@]12CCC3(CCN(C(=O)Nc4ccncc4)CC3)[C@@H]1CN(S(C)(=O)=O)C2.O=C(O)C(F)(F)F. The third-order valence-corrected chi connectivity index (χ3v) is 8.90. The fourth-order valence-electron chi connectivity index (χ4n) is 5.78. The summed E-state index contributed by atoms with van der Waals surface area (Å²) >= 11 is 0. The van der Waals surface area contributed by atoms with Crippen molar-refractivity contribution >= 4 is 33.6 Å². The number of carbonyl (C=O) groups is 3. The molecule has 3 heterocycles. The number of carboxylic acids is 1. The summed E-state index contributed by atoms with van der Waals surface area (Å²) in [5.41, 5.74) is -0.0759. The third kappa shape index (κ3) is 5.98. The first-order valence-corrected chi connectivity index (χ1v) is 13.4. The molecular weight excluding hydrogens is 519 g/mol. The van der Waals surface area contributed by atoms with Crippen LogP contribution in [0.15, 0.2) is 24.5 Å². The Kier molecular flexibility index (Phi) is 8.08. The van der Waals surface area contributed by atoms with Gasteiger partial charge in [-0.15, -0.1) is 0 Å². The Labute approximate surface area is 212 Å². The number of piperidine rings is 1. The van der Waals surface area contributed by atoms with Gasteiger partial charge in [-0.25, -0.2) is 22.3 Å². The van der Waals surface area contributed by atoms with Gasteiger partial charge >= 0.3 is 18.2 Å². The smallest absolute Gasteiger partial charge is 0.475 e. The monoisotopic (exact) mass is 549 g/mol. The van der Waals surface area contributed by atoms with Gasteiger partial charge in [0.15, 0.2) is 0 Å². The molecular formula is C22H30F3N5O6S. The number of alkyl halides is 3. The molecule has 1 aliphatic carbocycles. The Bertz CT molecular complexity index is 1130. The topological polar surface area (TPSA) is 149 Å². The lowest BCUT2D eigenvalue weighted by Gasteiger charge is -2.44. The number of urea groups is 1. The summed E-state index contributed by atoms with van der Waals surface area (Å²) in [7, 11) is -1.75. The molecule has 3 N–H and O–H groups in total. The maximum absolute atomic E-state index is 12.9. The van der Waals surface area contributed by atoms with Crippen molar-refractivity contribution in [2.45, 2.75) is 31.9 Å². The van der Waals surface area contributed by atoms with E-state index in [0.29, 0.717) is 31.7 Å². The number of fused-ring (bicyclic) bond motifs is 2. The van der Waals surface area contributed by atoms with Crippen LogP contribution in [0.1, 0.15) is 25.7 Å². The average Bonchev–Trinajstić information content (AvgIpc) is 3.37. The molecule has 1 spiro atoms. The highest BCUT2D eigenvalue weighted by Gasteiger charge is 2.65. The second-order valence-electron chi connectivity index (χ2n) is 9.66. The number of hydrogen-bond donors (Lipinski definition) is 3. The van der Waals surface area contributed by atoms with Gasteiger partial charge < -0.3 is 20.6 Å². The minimum atomic E-state index is -5.08. The number of amides is 3. The van der Waals surface area contributed by atoms with Crippen LogP contribution >= 0.6 is 0 Å². The normalized spacial score (nSPS) is 25.1. The minimum absolute atomic E-state index is 0.0231. The van der Waals surface area contributed by atoms with Crippen molar-refractivity contribution in [3.8, 4) is 0 Å². The summed E-state index contributed by atoms with van der Waals surface area (Å²) in [6.45, 7) is 1.83. The van der Waals surface area contributed by atoms with E-state index in [1.807, 2.05) is 0 Å². The number of aromatic nitrogens is 1. The number of halogens is 3. The van der Waals surface area contributed by atoms with Crippen LogP contribution in [-0.4, -0.2) is 91.3 Å². The van der Waals surface area contributed by atoms with Crippen LogP contribution in [0.3, 0.4) is 0 Å². The van der Waals surface area contributed by atoms with Crippen molar-refractivity contribution in [3.63, 3.8) is 0 Å². The van der Waals surface area contributed by atoms with Crippen molar-refractivity contribution < 1.29 is 41.1 Å². The molecule has 1 aromatic rings. The Morgan fingerprint density at radius 3 is 2.16 bits per heavy atom. The number of hydrogen-bond acceptors (Lipinski definition) is 6. The summed E-state index contributed by atoms with van der Waals surface area (Å²) in [6.07, 6.45) is 2.52. The van der Waals surface area contributed by atoms with E-state index in [9.17, 15) is 31.2 Å². The van der Waals surface area contributed by atoms with Crippen LogP contribution in [0.2, 0.25) is 0 Å². The summed E-state index contributed by atoms with van der Waals surface area (Å²) in [5.74, 6) is -2.84. The van der Waals surface area contributed by atoms with Gasteiger partial charge in [-0.3, -0.25) is 9.78 Å². The first-order valence-electron chi connectivity index (χ1n) is 11.6. The molecule has 15 heteroatoms. The number of anilines is 1. The van der Waals surface area contributed by atoms with Gasteiger partial charge in [0.25, 0.3) is 0 Å². The van der Waals surface area contributed by atoms with Gasteiger partial charge in [0, 0.05) is 51.3 Å². The van der Waals surface area contributed by atoms with Crippen molar-refractivity contribution in [2.75, 3.05) is 44.8 Å². The molecule has 3 fully saturated rings. The number of carbonyl (C=O) groups excluding carboxylic acids is 2. The number of nitrogens with zero attached hydrogens (tertiary/aromatic N) is 3. The van der Waals surface area contributed by atoms with E-state index < -0.39 is 27.6 Å². The lowest BCUT2D eigenvalue weighted by Crippen LogP contribution is -2.50. The van der Waals surface area contributed by atoms with E-state index in [0.717, 1.165) is 19.3 Å². The molecule has 11 nitrogen and oxygen atoms in total. The Hall–Kier alpha value is -2.94. The standard InChI is InChI=1S/C20H29N5O4S.C2HF3O2/c1-21-17(26)20-6-5-19(16(20)13-25(14-20)30(2,28)29)7-11-24(12-8-19)18(27)23-15-3-9-22-10-4-15;3-2(4,5)1(6)7/h3-4,9-10,16H,5-8,11-14H2,1-2H3,(H,21,26)(H,22,23,27);(H,6,7)/t16-,20+;/m0./s1. The third-order valence-electron chi connectivity index (χ3n) is 7.69. The van der Waals surface area contributed by atoms with Crippen LogP contribution in [0, 0.1) is 16.7 Å². The molecule has 2 atom stereocenters. The Morgan fingerprint density at radius 2 is 1.68 bits per heavy atom. The molecule has 4 rings (SSSR count). The number of aliphatic carboxylic acids is 1. The summed E-state index contributed by atoms with van der Waals surface area (Å²) in [5, 5.41) is 12.8.